The molecule has 2 aromatic carbocycles. The summed E-state index contributed by atoms with van der Waals surface area (Å²) in [6, 6.07) is 7.73. The molecule has 0 radical (unpaired) electrons. The van der Waals surface area contributed by atoms with Gasteiger partial charge in [-0.2, -0.15) is 0 Å². The number of unbranched alkanes of at least 4 members (excludes halogenated alkanes) is 2. The van der Waals surface area contributed by atoms with Gasteiger partial charge in [0, 0.05) is 76.0 Å². The highest BCUT2D eigenvalue weighted by Crippen LogP contribution is 2.35. The number of guanidine groups is 1. The lowest BCUT2D eigenvalue weighted by atomic mass is 10.2. The van der Waals surface area contributed by atoms with Gasteiger partial charge in [-0.3, -0.25) is 9.89 Å². The number of aliphatic imine (C=N–C) groups is 1. The smallest absolute Gasteiger partial charge is 0.317 e. The van der Waals surface area contributed by atoms with E-state index in [1.165, 1.54) is 18.5 Å². The van der Waals surface area contributed by atoms with Gasteiger partial charge in [0.25, 0.3) is 0 Å². The Labute approximate surface area is 296 Å². The molecule has 2 heterocycles. The van der Waals surface area contributed by atoms with E-state index in [1.54, 1.807) is 19.2 Å². The lowest BCUT2D eigenvalue weighted by Crippen LogP contribution is -2.52. The predicted octanol–water partition coefficient (Wildman–Crippen LogP) is 3.40. The van der Waals surface area contributed by atoms with Gasteiger partial charge < -0.3 is 47.1 Å². The van der Waals surface area contributed by atoms with E-state index in [1.807, 2.05) is 11.0 Å². The second-order valence-electron chi connectivity index (χ2n) is 11.7. The monoisotopic (exact) mass is 715 g/mol. The van der Waals surface area contributed by atoms with E-state index in [9.17, 15) is 14.0 Å². The molecule has 272 valence electrons. The summed E-state index contributed by atoms with van der Waals surface area (Å²) in [6.07, 6.45) is 5.44. The van der Waals surface area contributed by atoms with Crippen molar-refractivity contribution in [3.63, 3.8) is 0 Å². The number of rotatable bonds is 18. The third kappa shape index (κ3) is 12.2. The van der Waals surface area contributed by atoms with Crippen LogP contribution in [0.2, 0.25) is 5.02 Å². The van der Waals surface area contributed by atoms with Gasteiger partial charge in [-0.25, -0.2) is 23.9 Å². The summed E-state index contributed by atoms with van der Waals surface area (Å²) < 4.78 is 25.3. The summed E-state index contributed by atoms with van der Waals surface area (Å²) in [5.74, 6) is 1.18. The number of amides is 4. The molecular weight excluding hydrogens is 669 g/mol. The van der Waals surface area contributed by atoms with Gasteiger partial charge in [-0.1, -0.05) is 11.6 Å². The minimum atomic E-state index is -0.500. The molecule has 50 heavy (non-hydrogen) atoms. The molecule has 15 nitrogen and oxygen atoms in total. The molecule has 3 aromatic rings. The first-order valence-corrected chi connectivity index (χ1v) is 17.1. The van der Waals surface area contributed by atoms with Crippen LogP contribution in [-0.4, -0.2) is 110 Å². The first-order chi connectivity index (χ1) is 24.2. The molecule has 1 aromatic heterocycles. The first kappa shape index (κ1) is 38.0. The van der Waals surface area contributed by atoms with Crippen molar-refractivity contribution in [2.24, 2.45) is 16.5 Å². The second-order valence-corrected chi connectivity index (χ2v) is 12.1. The van der Waals surface area contributed by atoms with Crippen LogP contribution in [-0.2, 0) is 0 Å². The van der Waals surface area contributed by atoms with Crippen LogP contribution >= 0.6 is 11.6 Å². The molecular formula is C33H47ClFN11O4. The molecule has 1 aliphatic heterocycles. The Kier molecular flexibility index (Phi) is 15.2. The number of anilines is 2. The second kappa shape index (κ2) is 20.0. The van der Waals surface area contributed by atoms with Gasteiger partial charge in [0.1, 0.15) is 18.0 Å². The SMILES string of the molecule is COc1cc2ncnc(Nc3ccc(F)c(Cl)c3)c2cc1OCCCN1CCN(C(=O)NCCCCCNC(=O)NCCCN=C(N)N)CC1. The molecule has 17 heteroatoms. The summed E-state index contributed by atoms with van der Waals surface area (Å²) in [6.45, 7) is 6.31. The maximum atomic E-state index is 13.6. The van der Waals surface area contributed by atoms with E-state index in [2.05, 4.69) is 41.1 Å². The summed E-state index contributed by atoms with van der Waals surface area (Å²) in [5.41, 5.74) is 11.8. The van der Waals surface area contributed by atoms with Gasteiger partial charge in [0.05, 0.1) is 24.3 Å². The highest BCUT2D eigenvalue weighted by atomic mass is 35.5. The number of carbonyl (C=O) groups is 2. The zero-order valence-electron chi connectivity index (χ0n) is 28.4. The number of benzene rings is 2. The Morgan fingerprint density at radius 2 is 1.68 bits per heavy atom. The van der Waals surface area contributed by atoms with Crippen molar-refractivity contribution in [3.8, 4) is 11.5 Å². The van der Waals surface area contributed by atoms with Gasteiger partial charge in [-0.05, 0) is 56.4 Å². The number of halogens is 2. The Bertz CT molecular complexity index is 1590. The number of nitrogens with one attached hydrogen (secondary N) is 4. The van der Waals surface area contributed by atoms with Gasteiger partial charge in [0.15, 0.2) is 17.5 Å². The van der Waals surface area contributed by atoms with E-state index < -0.39 is 5.82 Å². The molecule has 0 bridgehead atoms. The molecule has 1 saturated heterocycles. The summed E-state index contributed by atoms with van der Waals surface area (Å²) >= 11 is 5.95. The topological polar surface area (TPSA) is 197 Å². The van der Waals surface area contributed by atoms with E-state index in [4.69, 9.17) is 32.5 Å². The molecule has 1 aliphatic rings. The first-order valence-electron chi connectivity index (χ1n) is 16.7. The highest BCUT2D eigenvalue weighted by Gasteiger charge is 2.20. The Balaban J connectivity index is 1.10. The number of piperazine rings is 1. The number of aromatic nitrogens is 2. The number of ether oxygens (including phenoxy) is 2. The van der Waals surface area contributed by atoms with Crippen LogP contribution in [0.5, 0.6) is 11.5 Å². The Morgan fingerprint density at radius 3 is 2.40 bits per heavy atom. The third-order valence-electron chi connectivity index (χ3n) is 7.97. The molecule has 0 aliphatic carbocycles. The van der Waals surface area contributed by atoms with Crippen LogP contribution in [0, 0.1) is 5.82 Å². The Hall–Kier alpha value is -4.83. The fourth-order valence-corrected chi connectivity index (χ4v) is 5.46. The average molecular weight is 716 g/mol. The maximum Gasteiger partial charge on any atom is 0.317 e. The molecule has 4 rings (SSSR count). The number of nitrogens with two attached hydrogens (primary N) is 2. The molecule has 0 unspecified atom stereocenters. The number of urea groups is 2. The lowest BCUT2D eigenvalue weighted by Gasteiger charge is -2.34. The van der Waals surface area contributed by atoms with Crippen LogP contribution in [0.4, 0.5) is 25.5 Å². The Morgan fingerprint density at radius 1 is 0.940 bits per heavy atom. The minimum absolute atomic E-state index is 0.00918. The van der Waals surface area contributed by atoms with E-state index in [-0.39, 0.29) is 23.0 Å². The third-order valence-corrected chi connectivity index (χ3v) is 8.26. The normalized spacial score (nSPS) is 13.1. The average Bonchev–Trinajstić information content (AvgIpc) is 3.11. The summed E-state index contributed by atoms with van der Waals surface area (Å²) in [7, 11) is 1.58. The number of hydrogen-bond acceptors (Lipinski definition) is 9. The summed E-state index contributed by atoms with van der Waals surface area (Å²) in [5, 5.41) is 12.5. The molecule has 0 saturated carbocycles. The summed E-state index contributed by atoms with van der Waals surface area (Å²) in [4.78, 5) is 41.2. The molecule has 0 spiro atoms. The van der Waals surface area contributed by atoms with Crippen molar-refractivity contribution in [1.82, 2.24) is 35.7 Å². The van der Waals surface area contributed by atoms with Crippen LogP contribution < -0.4 is 42.2 Å². The van der Waals surface area contributed by atoms with Crippen molar-refractivity contribution in [2.75, 3.05) is 77.9 Å². The molecule has 1 fully saturated rings. The fourth-order valence-electron chi connectivity index (χ4n) is 5.28. The minimum Gasteiger partial charge on any atom is -0.493 e. The number of fused-ring (bicyclic) bond motifs is 1. The van der Waals surface area contributed by atoms with Crippen LogP contribution in [0.15, 0.2) is 41.7 Å². The highest BCUT2D eigenvalue weighted by molar-refractivity contribution is 6.31. The number of nitrogens with zero attached hydrogens (tertiary/aromatic N) is 5. The quantitative estimate of drug-likeness (QED) is 0.0645. The van der Waals surface area contributed by atoms with E-state index in [0.717, 1.165) is 45.3 Å². The number of hydrogen-bond donors (Lipinski definition) is 6. The van der Waals surface area contributed by atoms with Crippen molar-refractivity contribution in [1.29, 1.82) is 0 Å². The zero-order valence-corrected chi connectivity index (χ0v) is 29.1. The zero-order chi connectivity index (χ0) is 35.7. The number of carbonyl (C=O) groups excluding carboxylic acids is 2. The number of methoxy groups -OCH3 is 1. The van der Waals surface area contributed by atoms with Gasteiger partial charge in [-0.15, -0.1) is 0 Å². The van der Waals surface area contributed by atoms with Crippen molar-refractivity contribution in [2.45, 2.75) is 32.1 Å². The van der Waals surface area contributed by atoms with Crippen molar-refractivity contribution in [3.05, 3.63) is 47.5 Å². The molecule has 4 amide bonds. The van der Waals surface area contributed by atoms with E-state index >= 15 is 0 Å². The van der Waals surface area contributed by atoms with Crippen molar-refractivity contribution >= 4 is 52.0 Å². The molecule has 0 atom stereocenters. The maximum absolute atomic E-state index is 13.6. The standard InChI is InChI=1S/C33H47ClFN11O4/c1-49-28-21-27-24(30(43-22-42-27)44-23-7-8-26(35)25(34)19-23)20-29(28)50-18-6-13-45-14-16-46(17-15-45)33(48)41-10-4-2-3-9-39-32(47)40-12-5-11-38-31(36)37/h7-8,19-22H,2-6,9-18H2,1H3,(H,41,48)(H4,36,37,38)(H2,39,40,47)(H,42,43,44). The van der Waals surface area contributed by atoms with E-state index in [0.29, 0.717) is 86.2 Å². The predicted molar refractivity (Wildman–Crippen MR) is 193 cm³/mol. The lowest BCUT2D eigenvalue weighted by molar-refractivity contribution is 0.134. The van der Waals surface area contributed by atoms with Crippen molar-refractivity contribution < 1.29 is 23.5 Å². The van der Waals surface area contributed by atoms with Crippen LogP contribution in [0.1, 0.15) is 32.1 Å². The molecule has 8 N–H and O–H groups in total. The largest absolute Gasteiger partial charge is 0.493 e. The fraction of sp³-hybridized carbons (Fsp3) is 0.485. The van der Waals surface area contributed by atoms with Crippen LogP contribution in [0.3, 0.4) is 0 Å². The van der Waals surface area contributed by atoms with Gasteiger partial charge in [0.2, 0.25) is 0 Å². The van der Waals surface area contributed by atoms with Gasteiger partial charge >= 0.3 is 12.1 Å². The van der Waals surface area contributed by atoms with Crippen LogP contribution in [0.25, 0.3) is 10.9 Å².